The molecule has 10 nitrogen and oxygen atoms in total. The molecule has 0 atom stereocenters. The summed E-state index contributed by atoms with van der Waals surface area (Å²) in [7, 11) is 1.29. The summed E-state index contributed by atoms with van der Waals surface area (Å²) in [6, 6.07) is 6.17. The third-order valence-corrected chi connectivity index (χ3v) is 5.27. The molecule has 2 aromatic carbocycles. The molecule has 0 radical (unpaired) electrons. The number of alkyl halides is 3. The van der Waals surface area contributed by atoms with Crippen molar-refractivity contribution in [3.8, 4) is 17.2 Å². The van der Waals surface area contributed by atoms with Gasteiger partial charge in [-0.3, -0.25) is 20.3 Å². The van der Waals surface area contributed by atoms with Gasteiger partial charge in [-0.25, -0.2) is 0 Å². The summed E-state index contributed by atoms with van der Waals surface area (Å²) >= 11 is 1.10. The van der Waals surface area contributed by atoms with Crippen LogP contribution in [-0.2, 0) is 11.0 Å². The lowest BCUT2D eigenvalue weighted by Crippen LogP contribution is -2.35. The summed E-state index contributed by atoms with van der Waals surface area (Å²) in [4.78, 5) is 26.5. The number of hydrogen-bond acceptors (Lipinski definition) is 8. The third-order valence-electron chi connectivity index (χ3n) is 4.60. The Hall–Kier alpha value is -4.20. The number of rotatable bonds is 5. The Morgan fingerprint density at radius 2 is 1.91 bits per heavy atom. The Balaban J connectivity index is 1.66. The fourth-order valence-electron chi connectivity index (χ4n) is 3.00. The number of amides is 1. The summed E-state index contributed by atoms with van der Waals surface area (Å²) in [5, 5.41) is 24.9. The molecule has 1 N–H and O–H groups in total. The number of carbonyl (C=O) groups is 1. The van der Waals surface area contributed by atoms with Crippen LogP contribution >= 0.6 is 11.8 Å². The molecule has 0 bridgehead atoms. The van der Waals surface area contributed by atoms with Gasteiger partial charge in [0.25, 0.3) is 5.91 Å². The van der Waals surface area contributed by atoms with Crippen molar-refractivity contribution in [1.29, 1.82) is 5.41 Å². The van der Waals surface area contributed by atoms with Crippen LogP contribution in [0.1, 0.15) is 11.1 Å². The highest BCUT2D eigenvalue weighted by Crippen LogP contribution is 2.40. The lowest BCUT2D eigenvalue weighted by molar-refractivity contribution is -0.385. The number of hydrazone groups is 1. The van der Waals surface area contributed by atoms with Crippen molar-refractivity contribution in [2.45, 2.75) is 6.18 Å². The van der Waals surface area contributed by atoms with E-state index < -0.39 is 34.0 Å². The second-order valence-corrected chi connectivity index (χ2v) is 7.52. The largest absolute Gasteiger partial charge is 0.493 e. The number of carbonyl (C=O) groups excluding carboxylic acids is 1. The zero-order valence-corrected chi connectivity index (χ0v) is 17.8. The molecule has 0 fully saturated rings. The van der Waals surface area contributed by atoms with Crippen LogP contribution < -0.4 is 9.47 Å². The Morgan fingerprint density at radius 1 is 1.18 bits per heavy atom. The highest BCUT2D eigenvalue weighted by Gasteiger charge is 2.34. The van der Waals surface area contributed by atoms with E-state index in [1.165, 1.54) is 41.9 Å². The minimum absolute atomic E-state index is 0.0154. The van der Waals surface area contributed by atoms with Crippen LogP contribution in [0.5, 0.6) is 17.2 Å². The van der Waals surface area contributed by atoms with Crippen molar-refractivity contribution in [1.82, 2.24) is 5.01 Å². The summed E-state index contributed by atoms with van der Waals surface area (Å²) < 4.78 is 49.5. The number of nitro groups is 1. The predicted molar refractivity (Wildman–Crippen MR) is 117 cm³/mol. The van der Waals surface area contributed by atoms with E-state index in [2.05, 4.69) is 10.1 Å². The van der Waals surface area contributed by atoms with Crippen molar-refractivity contribution in [2.75, 3.05) is 7.11 Å². The number of amidine groups is 2. The van der Waals surface area contributed by atoms with Crippen molar-refractivity contribution >= 4 is 46.0 Å². The van der Waals surface area contributed by atoms with Gasteiger partial charge in [0.15, 0.2) is 22.5 Å². The topological polar surface area (TPSA) is 130 Å². The minimum Gasteiger partial charge on any atom is -0.493 e. The maximum Gasteiger partial charge on any atom is 0.416 e. The van der Waals surface area contributed by atoms with Crippen molar-refractivity contribution in [3.63, 3.8) is 0 Å². The molecule has 0 saturated heterocycles. The number of hydrogen-bond donors (Lipinski definition) is 1. The van der Waals surface area contributed by atoms with E-state index in [0.717, 1.165) is 17.8 Å². The first-order valence-electron chi connectivity index (χ1n) is 9.23. The molecule has 1 amide bonds. The van der Waals surface area contributed by atoms with Crippen LogP contribution in [0.25, 0.3) is 6.08 Å². The Kier molecular flexibility index (Phi) is 5.83. The zero-order valence-electron chi connectivity index (χ0n) is 17.0. The van der Waals surface area contributed by atoms with Gasteiger partial charge in [0.2, 0.25) is 5.75 Å². The number of nitro benzene ring substituents is 1. The van der Waals surface area contributed by atoms with E-state index in [1.807, 2.05) is 0 Å². The maximum absolute atomic E-state index is 12.9. The van der Waals surface area contributed by atoms with Gasteiger partial charge in [0.05, 0.1) is 28.7 Å². The number of nitrogens with one attached hydrogen (secondary N) is 1. The molecule has 2 aliphatic rings. The number of halogens is 3. The van der Waals surface area contributed by atoms with Gasteiger partial charge in [-0.1, -0.05) is 6.07 Å². The number of thioether (sulfide) groups is 1. The second-order valence-electron chi connectivity index (χ2n) is 6.71. The maximum atomic E-state index is 12.9. The minimum atomic E-state index is -4.76. The van der Waals surface area contributed by atoms with Gasteiger partial charge in [0.1, 0.15) is 0 Å². The Bertz CT molecular complexity index is 1320. The average molecular weight is 491 g/mol. The zero-order chi connectivity index (χ0) is 24.6. The first kappa shape index (κ1) is 23.0. The first-order chi connectivity index (χ1) is 16.1. The fourth-order valence-corrected chi connectivity index (χ4v) is 3.61. The molecule has 0 saturated carbocycles. The molecular formula is C20H12F3N5O5S. The van der Waals surface area contributed by atoms with Gasteiger partial charge >= 0.3 is 11.9 Å². The molecule has 0 aliphatic carbocycles. The summed E-state index contributed by atoms with van der Waals surface area (Å²) in [6.45, 7) is 0. The molecular weight excluding hydrogens is 479 g/mol. The van der Waals surface area contributed by atoms with Crippen LogP contribution in [0.4, 0.5) is 18.9 Å². The second kappa shape index (κ2) is 8.62. The van der Waals surface area contributed by atoms with Crippen molar-refractivity contribution < 1.29 is 32.4 Å². The SMILES string of the molecule is COc1cc(/C=C2\C(=N)N3N=CSC3=NC2=O)ccc1Oc1ccc(C(F)(F)F)cc1[N+](=O)[O-]. The van der Waals surface area contributed by atoms with Crippen LogP contribution in [-0.4, -0.2) is 39.5 Å². The predicted octanol–water partition coefficient (Wildman–Crippen LogP) is 4.66. The summed E-state index contributed by atoms with van der Waals surface area (Å²) in [5.41, 5.74) is -0.237. The number of fused-ring (bicyclic) bond motifs is 1. The molecule has 2 heterocycles. The highest BCUT2D eigenvalue weighted by molar-refractivity contribution is 8.25. The van der Waals surface area contributed by atoms with E-state index in [9.17, 15) is 28.1 Å². The number of nitrogens with zero attached hydrogens (tertiary/aromatic N) is 4. The van der Waals surface area contributed by atoms with E-state index in [-0.39, 0.29) is 28.1 Å². The third kappa shape index (κ3) is 4.34. The molecule has 2 aromatic rings. The number of aliphatic imine (C=N–C) groups is 1. The summed E-state index contributed by atoms with van der Waals surface area (Å²) in [6.07, 6.45) is -3.37. The smallest absolute Gasteiger partial charge is 0.416 e. The number of ether oxygens (including phenoxy) is 2. The van der Waals surface area contributed by atoms with Gasteiger partial charge in [-0.15, -0.1) is 0 Å². The quantitative estimate of drug-likeness (QED) is 0.366. The van der Waals surface area contributed by atoms with Crippen LogP contribution in [0, 0.1) is 15.5 Å². The molecule has 0 aromatic heterocycles. The molecule has 0 spiro atoms. The lowest BCUT2D eigenvalue weighted by Gasteiger charge is -2.20. The van der Waals surface area contributed by atoms with Gasteiger partial charge in [-0.2, -0.15) is 28.3 Å². The monoisotopic (exact) mass is 491 g/mol. The fraction of sp³-hybridized carbons (Fsp3) is 0.100. The van der Waals surface area contributed by atoms with Gasteiger partial charge in [0, 0.05) is 6.07 Å². The number of methoxy groups -OCH3 is 1. The molecule has 0 unspecified atom stereocenters. The van der Waals surface area contributed by atoms with Crippen molar-refractivity contribution in [3.05, 3.63) is 63.2 Å². The van der Waals surface area contributed by atoms with Crippen LogP contribution in [0.2, 0.25) is 0 Å². The average Bonchev–Trinajstić information content (AvgIpc) is 3.25. The van der Waals surface area contributed by atoms with E-state index >= 15 is 0 Å². The standard InChI is InChI=1S/C20H12F3N5O5S/c1-32-16-7-10(6-12-17(24)27-19(26-18(12)29)34-9-25-27)2-4-15(16)33-14-5-3-11(20(21,22)23)8-13(14)28(30)31/h2-9,24H,1H3/b12-6+,24-17?. The van der Waals surface area contributed by atoms with Crippen LogP contribution in [0.3, 0.4) is 0 Å². The highest BCUT2D eigenvalue weighted by atomic mass is 32.2. The normalized spacial score (nSPS) is 16.5. The molecule has 4 rings (SSSR count). The van der Waals surface area contributed by atoms with Gasteiger partial charge < -0.3 is 9.47 Å². The molecule has 2 aliphatic heterocycles. The van der Waals surface area contributed by atoms with E-state index in [0.29, 0.717) is 17.7 Å². The van der Waals surface area contributed by atoms with E-state index in [1.54, 1.807) is 0 Å². The summed E-state index contributed by atoms with van der Waals surface area (Å²) in [5.74, 6) is -1.15. The Morgan fingerprint density at radius 3 is 2.59 bits per heavy atom. The molecule has 174 valence electrons. The van der Waals surface area contributed by atoms with Crippen molar-refractivity contribution in [2.24, 2.45) is 10.1 Å². The molecule has 14 heteroatoms. The van der Waals surface area contributed by atoms with E-state index in [4.69, 9.17) is 14.9 Å². The lowest BCUT2D eigenvalue weighted by atomic mass is 10.1. The van der Waals surface area contributed by atoms with Gasteiger partial charge in [-0.05, 0) is 47.7 Å². The molecule has 34 heavy (non-hydrogen) atoms. The number of benzene rings is 2. The van der Waals surface area contributed by atoms with Crippen LogP contribution in [0.15, 0.2) is 52.1 Å². The first-order valence-corrected chi connectivity index (χ1v) is 10.1. The Labute approximate surface area is 193 Å².